The third-order valence-corrected chi connectivity index (χ3v) is 2.78. The van der Waals surface area contributed by atoms with Crippen LogP contribution in [-0.2, 0) is 10.2 Å². The van der Waals surface area contributed by atoms with E-state index in [0.29, 0.717) is 12.4 Å². The zero-order chi connectivity index (χ0) is 15.3. The fourth-order valence-corrected chi connectivity index (χ4v) is 1.61. The number of hydrogen-bond acceptors (Lipinski definition) is 4. The van der Waals surface area contributed by atoms with E-state index in [1.165, 1.54) is 4.90 Å². The molecule has 1 rings (SSSR count). The SMILES string of the molecule is CCCN(CC(=O)NC)C(=O)c1n[nH]c(C(C)(C)C)n1. The van der Waals surface area contributed by atoms with Crippen LogP contribution in [-0.4, -0.2) is 52.0 Å². The Labute approximate surface area is 119 Å². The molecule has 1 aromatic rings. The van der Waals surface area contributed by atoms with Crippen molar-refractivity contribution in [1.82, 2.24) is 25.4 Å². The van der Waals surface area contributed by atoms with Crippen LogP contribution in [0, 0.1) is 0 Å². The molecule has 0 aliphatic heterocycles. The van der Waals surface area contributed by atoms with Gasteiger partial charge in [-0.15, -0.1) is 5.10 Å². The molecule has 7 nitrogen and oxygen atoms in total. The van der Waals surface area contributed by atoms with E-state index in [2.05, 4.69) is 20.5 Å². The number of aromatic nitrogens is 3. The van der Waals surface area contributed by atoms with Crippen molar-refractivity contribution in [3.05, 3.63) is 11.6 Å². The molecule has 0 aliphatic rings. The summed E-state index contributed by atoms with van der Waals surface area (Å²) in [6, 6.07) is 0. The predicted molar refractivity (Wildman–Crippen MR) is 75.3 cm³/mol. The Morgan fingerprint density at radius 2 is 2.00 bits per heavy atom. The Kier molecular flexibility index (Phi) is 5.24. The van der Waals surface area contributed by atoms with E-state index in [9.17, 15) is 9.59 Å². The summed E-state index contributed by atoms with van der Waals surface area (Å²) in [4.78, 5) is 29.5. The zero-order valence-corrected chi connectivity index (χ0v) is 12.8. The standard InChI is InChI=1S/C13H23N5O2/c1-6-7-18(8-9(19)14-5)11(20)10-15-12(17-16-10)13(2,3)4/h6-8H2,1-5H3,(H,14,19)(H,15,16,17). The molecule has 0 saturated heterocycles. The highest BCUT2D eigenvalue weighted by Crippen LogP contribution is 2.17. The summed E-state index contributed by atoms with van der Waals surface area (Å²) in [6.45, 7) is 8.40. The number of nitrogens with one attached hydrogen (secondary N) is 2. The summed E-state index contributed by atoms with van der Waals surface area (Å²) in [6.07, 6.45) is 0.763. The molecule has 2 N–H and O–H groups in total. The van der Waals surface area contributed by atoms with Gasteiger partial charge in [0.15, 0.2) is 0 Å². The second kappa shape index (κ2) is 6.49. The average Bonchev–Trinajstić information content (AvgIpc) is 2.86. The second-order valence-corrected chi connectivity index (χ2v) is 5.66. The molecular formula is C13H23N5O2. The first-order valence-corrected chi connectivity index (χ1v) is 6.72. The molecule has 0 fully saturated rings. The van der Waals surface area contributed by atoms with Gasteiger partial charge in [-0.3, -0.25) is 14.7 Å². The first kappa shape index (κ1) is 16.1. The molecule has 1 heterocycles. The van der Waals surface area contributed by atoms with Gasteiger partial charge < -0.3 is 10.2 Å². The van der Waals surface area contributed by atoms with E-state index in [4.69, 9.17) is 0 Å². The van der Waals surface area contributed by atoms with Crippen LogP contribution >= 0.6 is 0 Å². The summed E-state index contributed by atoms with van der Waals surface area (Å²) >= 11 is 0. The summed E-state index contributed by atoms with van der Waals surface area (Å²) in [5.74, 6) is 0.213. The van der Waals surface area contributed by atoms with Gasteiger partial charge in [0, 0.05) is 19.0 Å². The Morgan fingerprint density at radius 1 is 1.35 bits per heavy atom. The maximum atomic E-state index is 12.3. The van der Waals surface area contributed by atoms with Crippen LogP contribution in [0.4, 0.5) is 0 Å². The van der Waals surface area contributed by atoms with Crippen LogP contribution in [0.5, 0.6) is 0 Å². The highest BCUT2D eigenvalue weighted by molar-refractivity contribution is 5.93. The van der Waals surface area contributed by atoms with Gasteiger partial charge in [0.1, 0.15) is 5.82 Å². The zero-order valence-electron chi connectivity index (χ0n) is 12.8. The first-order chi connectivity index (χ1) is 9.29. The number of amides is 2. The fourth-order valence-electron chi connectivity index (χ4n) is 1.61. The summed E-state index contributed by atoms with van der Waals surface area (Å²) in [5.41, 5.74) is -0.206. The Bertz CT molecular complexity index is 475. The third-order valence-electron chi connectivity index (χ3n) is 2.78. The van der Waals surface area contributed by atoms with E-state index in [1.54, 1.807) is 7.05 Å². The lowest BCUT2D eigenvalue weighted by atomic mass is 9.96. The summed E-state index contributed by atoms with van der Waals surface area (Å²) in [7, 11) is 1.54. The van der Waals surface area contributed by atoms with Gasteiger partial charge in [0.2, 0.25) is 11.7 Å². The van der Waals surface area contributed by atoms with E-state index < -0.39 is 0 Å². The van der Waals surface area contributed by atoms with Gasteiger partial charge in [0.05, 0.1) is 6.54 Å². The molecule has 0 spiro atoms. The number of carbonyl (C=O) groups excluding carboxylic acids is 2. The maximum absolute atomic E-state index is 12.3. The second-order valence-electron chi connectivity index (χ2n) is 5.66. The van der Waals surface area contributed by atoms with Crippen molar-refractivity contribution >= 4 is 11.8 Å². The minimum absolute atomic E-state index is 0.0164. The number of likely N-dealkylation sites (N-methyl/N-ethyl adjacent to an activating group) is 1. The van der Waals surface area contributed by atoms with Crippen LogP contribution in [0.25, 0.3) is 0 Å². The molecule has 1 aromatic heterocycles. The lowest BCUT2D eigenvalue weighted by Gasteiger charge is -2.19. The minimum Gasteiger partial charge on any atom is -0.358 e. The van der Waals surface area contributed by atoms with Crippen molar-refractivity contribution in [3.8, 4) is 0 Å². The molecule has 2 amide bonds. The number of hydrogen-bond donors (Lipinski definition) is 2. The molecule has 0 bridgehead atoms. The Balaban J connectivity index is 2.89. The Morgan fingerprint density at radius 3 is 2.45 bits per heavy atom. The van der Waals surface area contributed by atoms with Crippen molar-refractivity contribution < 1.29 is 9.59 Å². The third kappa shape index (κ3) is 4.04. The normalized spacial score (nSPS) is 11.2. The average molecular weight is 281 g/mol. The highest BCUT2D eigenvalue weighted by atomic mass is 16.2. The van der Waals surface area contributed by atoms with Crippen molar-refractivity contribution in [3.63, 3.8) is 0 Å². The van der Waals surface area contributed by atoms with Gasteiger partial charge in [0.25, 0.3) is 5.91 Å². The van der Waals surface area contributed by atoms with Gasteiger partial charge in [-0.1, -0.05) is 27.7 Å². The fraction of sp³-hybridized carbons (Fsp3) is 0.692. The largest absolute Gasteiger partial charge is 0.358 e. The number of nitrogens with zero attached hydrogens (tertiary/aromatic N) is 3. The molecule has 0 saturated carbocycles. The highest BCUT2D eigenvalue weighted by Gasteiger charge is 2.25. The van der Waals surface area contributed by atoms with Crippen LogP contribution in [0.3, 0.4) is 0 Å². The number of rotatable bonds is 5. The maximum Gasteiger partial charge on any atom is 0.293 e. The summed E-state index contributed by atoms with van der Waals surface area (Å²) < 4.78 is 0. The van der Waals surface area contributed by atoms with E-state index in [-0.39, 0.29) is 29.6 Å². The Hall–Kier alpha value is -1.92. The van der Waals surface area contributed by atoms with Crippen molar-refractivity contribution in [2.45, 2.75) is 39.5 Å². The van der Waals surface area contributed by atoms with Gasteiger partial charge >= 0.3 is 0 Å². The molecular weight excluding hydrogens is 258 g/mol. The van der Waals surface area contributed by atoms with E-state index in [0.717, 1.165) is 6.42 Å². The monoisotopic (exact) mass is 281 g/mol. The summed E-state index contributed by atoms with van der Waals surface area (Å²) in [5, 5.41) is 9.25. The van der Waals surface area contributed by atoms with Crippen LogP contribution in [0.1, 0.15) is 50.6 Å². The lowest BCUT2D eigenvalue weighted by molar-refractivity contribution is -0.121. The van der Waals surface area contributed by atoms with E-state index in [1.807, 2.05) is 27.7 Å². The number of aromatic amines is 1. The molecule has 0 atom stereocenters. The smallest absolute Gasteiger partial charge is 0.293 e. The lowest BCUT2D eigenvalue weighted by Crippen LogP contribution is -2.40. The molecule has 112 valence electrons. The van der Waals surface area contributed by atoms with Crippen molar-refractivity contribution in [2.24, 2.45) is 0 Å². The minimum atomic E-state index is -0.331. The number of H-pyrrole nitrogens is 1. The molecule has 0 unspecified atom stereocenters. The van der Waals surface area contributed by atoms with Gasteiger partial charge in [-0.2, -0.15) is 0 Å². The quantitative estimate of drug-likeness (QED) is 0.831. The van der Waals surface area contributed by atoms with Crippen LogP contribution < -0.4 is 5.32 Å². The molecule has 0 aromatic carbocycles. The van der Waals surface area contributed by atoms with E-state index >= 15 is 0 Å². The van der Waals surface area contributed by atoms with Crippen molar-refractivity contribution in [2.75, 3.05) is 20.1 Å². The van der Waals surface area contributed by atoms with Crippen LogP contribution in [0.15, 0.2) is 0 Å². The van der Waals surface area contributed by atoms with Gasteiger partial charge in [-0.05, 0) is 6.42 Å². The first-order valence-electron chi connectivity index (χ1n) is 6.72. The predicted octanol–water partition coefficient (Wildman–Crippen LogP) is 0.700. The molecule has 7 heteroatoms. The van der Waals surface area contributed by atoms with Crippen molar-refractivity contribution in [1.29, 1.82) is 0 Å². The molecule has 0 radical (unpaired) electrons. The molecule has 0 aliphatic carbocycles. The topological polar surface area (TPSA) is 91.0 Å². The van der Waals surface area contributed by atoms with Gasteiger partial charge in [-0.25, -0.2) is 4.98 Å². The van der Waals surface area contributed by atoms with Crippen LogP contribution in [0.2, 0.25) is 0 Å². The molecule has 20 heavy (non-hydrogen) atoms. The number of carbonyl (C=O) groups is 2.